The molecular weight excluding hydrogens is 316 g/mol. The summed E-state index contributed by atoms with van der Waals surface area (Å²) in [7, 11) is 0. The highest BCUT2D eigenvalue weighted by Crippen LogP contribution is 2.55. The van der Waals surface area contributed by atoms with E-state index in [4.69, 9.17) is 4.74 Å². The van der Waals surface area contributed by atoms with Gasteiger partial charge in [-0.3, -0.25) is 9.59 Å². The molecule has 0 unspecified atom stereocenters. The summed E-state index contributed by atoms with van der Waals surface area (Å²) < 4.78 is 6.35. The van der Waals surface area contributed by atoms with Crippen LogP contribution in [0.2, 0.25) is 0 Å². The summed E-state index contributed by atoms with van der Waals surface area (Å²) in [5, 5.41) is 3.13. The molecule has 1 aliphatic carbocycles. The molecule has 0 aromatic heterocycles. The predicted molar refractivity (Wildman–Crippen MR) is 94.1 cm³/mol. The number of hydrogen-bond donors (Lipinski definition) is 1. The van der Waals surface area contributed by atoms with Gasteiger partial charge in [-0.2, -0.15) is 0 Å². The molecule has 4 atom stereocenters. The molecule has 1 aromatic carbocycles. The zero-order chi connectivity index (χ0) is 17.6. The molecule has 2 amide bonds. The van der Waals surface area contributed by atoms with Gasteiger partial charge in [0.05, 0.1) is 0 Å². The van der Waals surface area contributed by atoms with Gasteiger partial charge in [0.2, 0.25) is 11.8 Å². The maximum absolute atomic E-state index is 13.2. The van der Waals surface area contributed by atoms with E-state index in [0.29, 0.717) is 13.1 Å². The summed E-state index contributed by atoms with van der Waals surface area (Å²) >= 11 is 0. The number of piperidine rings is 1. The van der Waals surface area contributed by atoms with Crippen molar-refractivity contribution >= 4 is 11.8 Å². The number of carbonyl (C=O) groups is 2. The molecule has 0 radical (unpaired) electrons. The fourth-order valence-corrected chi connectivity index (χ4v) is 5.07. The van der Waals surface area contributed by atoms with Crippen LogP contribution in [0.15, 0.2) is 24.3 Å². The number of carbonyl (C=O) groups excluding carboxylic acids is 2. The van der Waals surface area contributed by atoms with Crippen molar-refractivity contribution in [2.75, 3.05) is 13.1 Å². The Hall–Kier alpha value is -2.04. The molecule has 5 heteroatoms. The van der Waals surface area contributed by atoms with E-state index < -0.39 is 11.6 Å². The van der Waals surface area contributed by atoms with Crippen molar-refractivity contribution in [2.45, 2.75) is 51.2 Å². The van der Waals surface area contributed by atoms with Gasteiger partial charge in [0.25, 0.3) is 0 Å². The highest BCUT2D eigenvalue weighted by molar-refractivity contribution is 6.02. The van der Waals surface area contributed by atoms with Crippen molar-refractivity contribution in [3.63, 3.8) is 0 Å². The predicted octanol–water partition coefficient (Wildman–Crippen LogP) is 2.66. The quantitative estimate of drug-likeness (QED) is 0.859. The fraction of sp³-hybridized carbons (Fsp3) is 0.600. The zero-order valence-electron chi connectivity index (χ0n) is 15.0. The summed E-state index contributed by atoms with van der Waals surface area (Å²) in [6.45, 7) is 5.18. The molecule has 1 saturated heterocycles. The van der Waals surface area contributed by atoms with E-state index in [1.807, 2.05) is 38.1 Å². The lowest BCUT2D eigenvalue weighted by molar-refractivity contribution is -0.165. The summed E-state index contributed by atoms with van der Waals surface area (Å²) in [5.74, 6) is 0.0209. The van der Waals surface area contributed by atoms with Crippen LogP contribution in [0.4, 0.5) is 0 Å². The SMILES string of the molecule is CCN(CC)C(=O)[C@@H]1C(=O)N[C@]23CCCC[C@H]2[C@@H]1c1ccccc1O3. The van der Waals surface area contributed by atoms with Crippen molar-refractivity contribution in [3.8, 4) is 5.75 Å². The second-order valence-corrected chi connectivity index (χ2v) is 7.38. The van der Waals surface area contributed by atoms with Gasteiger partial charge in [-0.15, -0.1) is 0 Å². The Bertz CT molecular complexity index is 700. The number of benzene rings is 1. The summed E-state index contributed by atoms with van der Waals surface area (Å²) in [4.78, 5) is 28.0. The van der Waals surface area contributed by atoms with Gasteiger partial charge in [-0.05, 0) is 38.3 Å². The van der Waals surface area contributed by atoms with Crippen LogP contribution in [0.25, 0.3) is 0 Å². The van der Waals surface area contributed by atoms with Crippen LogP contribution in [0.3, 0.4) is 0 Å². The van der Waals surface area contributed by atoms with Crippen LogP contribution >= 0.6 is 0 Å². The molecule has 2 fully saturated rings. The van der Waals surface area contributed by atoms with Gasteiger partial charge in [0.15, 0.2) is 5.72 Å². The molecule has 1 N–H and O–H groups in total. The van der Waals surface area contributed by atoms with Crippen molar-refractivity contribution < 1.29 is 14.3 Å². The standard InChI is InChI=1S/C20H26N2O3/c1-3-22(4-2)19(24)17-16-13-9-5-6-11-15(13)25-20(21-18(17)23)12-8-7-10-14(16)20/h5-6,9,11,14,16-17H,3-4,7-8,10,12H2,1-2H3,(H,21,23)/t14-,16-,17-,20-/m0/s1. The highest BCUT2D eigenvalue weighted by atomic mass is 16.5. The maximum atomic E-state index is 13.2. The van der Waals surface area contributed by atoms with E-state index >= 15 is 0 Å². The third-order valence-corrected chi connectivity index (χ3v) is 6.23. The lowest BCUT2D eigenvalue weighted by Gasteiger charge is -2.56. The van der Waals surface area contributed by atoms with Crippen molar-refractivity contribution in [2.24, 2.45) is 11.8 Å². The summed E-state index contributed by atoms with van der Waals surface area (Å²) in [6, 6.07) is 7.92. The van der Waals surface area contributed by atoms with Crippen LogP contribution in [0.5, 0.6) is 5.75 Å². The lowest BCUT2D eigenvalue weighted by atomic mass is 9.62. The van der Waals surface area contributed by atoms with Crippen LogP contribution in [-0.4, -0.2) is 35.5 Å². The molecule has 25 heavy (non-hydrogen) atoms. The number of para-hydroxylation sites is 1. The van der Waals surface area contributed by atoms with E-state index in [1.165, 1.54) is 0 Å². The first-order chi connectivity index (χ1) is 12.1. The smallest absolute Gasteiger partial charge is 0.236 e. The third-order valence-electron chi connectivity index (χ3n) is 6.23. The number of rotatable bonds is 3. The molecule has 1 aromatic rings. The molecular formula is C20H26N2O3. The second-order valence-electron chi connectivity index (χ2n) is 7.38. The van der Waals surface area contributed by atoms with Gasteiger partial charge in [0.1, 0.15) is 11.7 Å². The Kier molecular flexibility index (Phi) is 3.97. The molecule has 2 aliphatic heterocycles. The first kappa shape index (κ1) is 16.4. The highest BCUT2D eigenvalue weighted by Gasteiger charge is 2.60. The van der Waals surface area contributed by atoms with Gasteiger partial charge in [-0.25, -0.2) is 0 Å². The van der Waals surface area contributed by atoms with Gasteiger partial charge in [0, 0.05) is 31.3 Å². The Balaban J connectivity index is 1.83. The largest absolute Gasteiger partial charge is 0.467 e. The maximum Gasteiger partial charge on any atom is 0.236 e. The average molecular weight is 342 g/mol. The molecule has 134 valence electrons. The fourth-order valence-electron chi connectivity index (χ4n) is 5.07. The van der Waals surface area contributed by atoms with Crippen LogP contribution in [0.1, 0.15) is 51.0 Å². The van der Waals surface area contributed by atoms with Gasteiger partial charge < -0.3 is 15.0 Å². The van der Waals surface area contributed by atoms with Crippen molar-refractivity contribution in [1.82, 2.24) is 10.2 Å². The average Bonchev–Trinajstić information content (AvgIpc) is 2.61. The molecule has 2 bridgehead atoms. The van der Waals surface area contributed by atoms with E-state index in [2.05, 4.69) is 5.32 Å². The molecule has 1 saturated carbocycles. The minimum absolute atomic E-state index is 0.0524. The molecule has 0 spiro atoms. The van der Waals surface area contributed by atoms with Gasteiger partial charge >= 0.3 is 0 Å². The van der Waals surface area contributed by atoms with E-state index in [1.54, 1.807) is 4.90 Å². The summed E-state index contributed by atoms with van der Waals surface area (Å²) in [5.41, 5.74) is 0.388. The molecule has 2 heterocycles. The van der Waals surface area contributed by atoms with Crippen LogP contribution in [0, 0.1) is 11.8 Å². The van der Waals surface area contributed by atoms with Crippen LogP contribution in [-0.2, 0) is 9.59 Å². The van der Waals surface area contributed by atoms with E-state index in [-0.39, 0.29) is 23.7 Å². The Labute approximate surface area is 148 Å². The molecule has 4 rings (SSSR count). The normalized spacial score (nSPS) is 32.7. The molecule has 3 aliphatic rings. The topological polar surface area (TPSA) is 58.6 Å². The third kappa shape index (κ3) is 2.35. The van der Waals surface area contributed by atoms with Crippen molar-refractivity contribution in [3.05, 3.63) is 29.8 Å². The molecule has 5 nitrogen and oxygen atoms in total. The Morgan fingerprint density at radius 2 is 2.04 bits per heavy atom. The first-order valence-corrected chi connectivity index (χ1v) is 9.50. The van der Waals surface area contributed by atoms with Crippen molar-refractivity contribution in [1.29, 1.82) is 0 Å². The Morgan fingerprint density at radius 3 is 2.80 bits per heavy atom. The Morgan fingerprint density at radius 1 is 1.28 bits per heavy atom. The lowest BCUT2D eigenvalue weighted by Crippen LogP contribution is -2.70. The number of fused-ring (bicyclic) bond motifs is 2. The second kappa shape index (κ2) is 6.04. The minimum Gasteiger partial charge on any atom is -0.467 e. The minimum atomic E-state index is -0.652. The van der Waals surface area contributed by atoms with E-state index in [0.717, 1.165) is 37.0 Å². The van der Waals surface area contributed by atoms with Crippen LogP contribution < -0.4 is 10.1 Å². The number of ether oxygens (including phenoxy) is 1. The summed E-state index contributed by atoms with van der Waals surface area (Å²) in [6.07, 6.45) is 3.97. The van der Waals surface area contributed by atoms with Gasteiger partial charge in [-0.1, -0.05) is 24.6 Å². The zero-order valence-corrected chi connectivity index (χ0v) is 15.0. The number of amides is 2. The first-order valence-electron chi connectivity index (χ1n) is 9.50. The number of hydrogen-bond acceptors (Lipinski definition) is 3. The number of nitrogens with one attached hydrogen (secondary N) is 1. The van der Waals surface area contributed by atoms with E-state index in [9.17, 15) is 9.59 Å². The number of nitrogens with zero attached hydrogens (tertiary/aromatic N) is 1. The monoisotopic (exact) mass is 342 g/mol.